The molecule has 2 aromatic rings. The molecule has 4 nitrogen and oxygen atoms in total. The third-order valence-corrected chi connectivity index (χ3v) is 3.55. The van der Waals surface area contributed by atoms with E-state index in [-0.39, 0.29) is 17.7 Å². The minimum absolute atomic E-state index is 0.0568. The lowest BCUT2D eigenvalue weighted by atomic mass is 10.2. The van der Waals surface area contributed by atoms with E-state index in [2.05, 4.69) is 21.2 Å². The molecule has 1 aromatic carbocycles. The summed E-state index contributed by atoms with van der Waals surface area (Å²) in [6.45, 7) is 3.99. The van der Waals surface area contributed by atoms with Crippen molar-refractivity contribution >= 4 is 39.1 Å². The third-order valence-electron chi connectivity index (χ3n) is 2.81. The van der Waals surface area contributed by atoms with Crippen molar-refractivity contribution in [1.82, 2.24) is 4.57 Å². The summed E-state index contributed by atoms with van der Waals surface area (Å²) in [6, 6.07) is 6.34. The number of carbonyl (C=O) groups is 1. The monoisotopic (exact) mass is 356 g/mol. The number of phenols is 1. The molecule has 0 bridgehead atoms. The highest BCUT2D eigenvalue weighted by Crippen LogP contribution is 2.27. The highest BCUT2D eigenvalue weighted by molar-refractivity contribution is 9.10. The molecule has 0 fully saturated rings. The van der Waals surface area contributed by atoms with Crippen LogP contribution in [0.5, 0.6) is 5.75 Å². The van der Waals surface area contributed by atoms with Crippen LogP contribution < -0.4 is 5.32 Å². The van der Waals surface area contributed by atoms with Gasteiger partial charge in [0.2, 0.25) is 0 Å². The normalized spacial score (nSPS) is 10.8. The van der Waals surface area contributed by atoms with E-state index in [0.717, 1.165) is 4.47 Å². The average Bonchev–Trinajstić information content (AvgIpc) is 2.75. The number of aromatic nitrogens is 1. The van der Waals surface area contributed by atoms with Gasteiger partial charge in [0.15, 0.2) is 0 Å². The van der Waals surface area contributed by atoms with Crippen LogP contribution in [-0.2, 0) is 0 Å². The van der Waals surface area contributed by atoms with E-state index in [1.807, 2.05) is 24.6 Å². The molecule has 0 atom stereocenters. The molecule has 20 heavy (non-hydrogen) atoms. The van der Waals surface area contributed by atoms with Crippen molar-refractivity contribution in [3.05, 3.63) is 45.7 Å². The summed E-state index contributed by atoms with van der Waals surface area (Å²) >= 11 is 9.35. The third kappa shape index (κ3) is 3.16. The lowest BCUT2D eigenvalue weighted by Gasteiger charge is -2.13. The van der Waals surface area contributed by atoms with E-state index >= 15 is 0 Å². The number of nitrogens with zero attached hydrogens (tertiary/aromatic N) is 1. The molecule has 1 heterocycles. The summed E-state index contributed by atoms with van der Waals surface area (Å²) in [5.41, 5.74) is 0.998. The second-order valence-electron chi connectivity index (χ2n) is 4.66. The zero-order chi connectivity index (χ0) is 14.9. The summed E-state index contributed by atoms with van der Waals surface area (Å²) in [5, 5.41) is 12.3. The number of amides is 1. The fraction of sp³-hybridized carbons (Fsp3) is 0.214. The number of aromatic hydroxyl groups is 1. The number of anilines is 1. The van der Waals surface area contributed by atoms with Crippen molar-refractivity contribution < 1.29 is 9.90 Å². The number of halogens is 2. The van der Waals surface area contributed by atoms with Crippen molar-refractivity contribution in [2.75, 3.05) is 5.32 Å². The van der Waals surface area contributed by atoms with E-state index in [1.165, 1.54) is 12.1 Å². The smallest absolute Gasteiger partial charge is 0.272 e. The number of hydrogen-bond acceptors (Lipinski definition) is 2. The zero-order valence-corrected chi connectivity index (χ0v) is 13.4. The van der Waals surface area contributed by atoms with Crippen LogP contribution in [0, 0.1) is 0 Å². The maximum absolute atomic E-state index is 12.3. The Hall–Kier alpha value is -1.46. The molecule has 0 aliphatic rings. The van der Waals surface area contributed by atoms with Gasteiger partial charge in [-0.05, 0) is 48.0 Å². The van der Waals surface area contributed by atoms with Crippen LogP contribution in [0.4, 0.5) is 5.69 Å². The van der Waals surface area contributed by atoms with Crippen LogP contribution in [0.3, 0.4) is 0 Å². The first kappa shape index (κ1) is 14.9. The van der Waals surface area contributed by atoms with Crippen molar-refractivity contribution in [3.63, 3.8) is 0 Å². The van der Waals surface area contributed by atoms with Crippen LogP contribution >= 0.6 is 27.5 Å². The molecule has 6 heteroatoms. The highest BCUT2D eigenvalue weighted by atomic mass is 79.9. The molecule has 2 N–H and O–H groups in total. The quantitative estimate of drug-likeness (QED) is 0.798. The Bertz CT molecular complexity index is 653. The maximum atomic E-state index is 12.3. The van der Waals surface area contributed by atoms with Gasteiger partial charge in [-0.1, -0.05) is 11.6 Å². The van der Waals surface area contributed by atoms with Crippen LogP contribution in [0.25, 0.3) is 0 Å². The van der Waals surface area contributed by atoms with Gasteiger partial charge in [-0.3, -0.25) is 4.79 Å². The predicted molar refractivity (Wildman–Crippen MR) is 83.6 cm³/mol. The maximum Gasteiger partial charge on any atom is 0.272 e. The van der Waals surface area contributed by atoms with E-state index in [4.69, 9.17) is 11.6 Å². The van der Waals surface area contributed by atoms with Crippen molar-refractivity contribution in [1.29, 1.82) is 0 Å². The molecule has 0 spiro atoms. The number of hydrogen-bond donors (Lipinski definition) is 2. The first-order chi connectivity index (χ1) is 9.38. The summed E-state index contributed by atoms with van der Waals surface area (Å²) in [7, 11) is 0. The molecule has 2 rings (SSSR count). The number of rotatable bonds is 3. The Morgan fingerprint density at radius 2 is 2.10 bits per heavy atom. The SMILES string of the molecule is CC(C)n1cc(Br)cc1C(=O)Nc1ccc(O)cc1Cl. The molecule has 0 aliphatic carbocycles. The molecule has 106 valence electrons. The fourth-order valence-electron chi connectivity index (χ4n) is 1.85. The van der Waals surface area contributed by atoms with Crippen LogP contribution in [-0.4, -0.2) is 15.6 Å². The molecular weight excluding hydrogens is 344 g/mol. The number of benzene rings is 1. The summed E-state index contributed by atoms with van der Waals surface area (Å²) in [6.07, 6.45) is 1.86. The lowest BCUT2D eigenvalue weighted by Crippen LogP contribution is -2.17. The Balaban J connectivity index is 2.28. The standard InChI is InChI=1S/C14H14BrClN2O2/c1-8(2)18-7-9(15)5-13(18)14(20)17-12-4-3-10(19)6-11(12)16/h3-8,19H,1-2H3,(H,17,20). The second-order valence-corrected chi connectivity index (χ2v) is 5.99. The molecule has 0 aliphatic heterocycles. The minimum Gasteiger partial charge on any atom is -0.508 e. The second kappa shape index (κ2) is 5.89. The Morgan fingerprint density at radius 3 is 2.70 bits per heavy atom. The van der Waals surface area contributed by atoms with Crippen molar-refractivity contribution in [2.45, 2.75) is 19.9 Å². The minimum atomic E-state index is -0.253. The number of carbonyl (C=O) groups excluding carboxylic acids is 1. The number of nitrogens with one attached hydrogen (secondary N) is 1. The summed E-state index contributed by atoms with van der Waals surface area (Å²) in [5.74, 6) is -0.196. The Kier molecular flexibility index (Phi) is 4.40. The molecule has 1 amide bonds. The van der Waals surface area contributed by atoms with Crippen LogP contribution in [0.2, 0.25) is 5.02 Å². The van der Waals surface area contributed by atoms with E-state index in [9.17, 15) is 9.90 Å². The van der Waals surface area contributed by atoms with Gasteiger partial charge >= 0.3 is 0 Å². The van der Waals surface area contributed by atoms with E-state index < -0.39 is 0 Å². The van der Waals surface area contributed by atoms with Gasteiger partial charge in [-0.2, -0.15) is 0 Å². The molecule has 0 saturated carbocycles. The molecule has 0 saturated heterocycles. The van der Waals surface area contributed by atoms with Gasteiger partial charge in [0, 0.05) is 22.8 Å². The first-order valence-corrected chi connectivity index (χ1v) is 7.23. The van der Waals surface area contributed by atoms with Crippen LogP contribution in [0.15, 0.2) is 34.9 Å². The summed E-state index contributed by atoms with van der Waals surface area (Å²) in [4.78, 5) is 12.3. The Morgan fingerprint density at radius 1 is 1.40 bits per heavy atom. The largest absolute Gasteiger partial charge is 0.508 e. The average molecular weight is 358 g/mol. The van der Waals surface area contributed by atoms with Crippen LogP contribution in [0.1, 0.15) is 30.4 Å². The summed E-state index contributed by atoms with van der Waals surface area (Å²) < 4.78 is 2.71. The zero-order valence-electron chi connectivity index (χ0n) is 11.0. The van der Waals surface area contributed by atoms with Crippen molar-refractivity contribution in [2.24, 2.45) is 0 Å². The molecule has 0 radical (unpaired) electrons. The van der Waals surface area contributed by atoms with Gasteiger partial charge in [0.25, 0.3) is 5.91 Å². The topological polar surface area (TPSA) is 54.3 Å². The predicted octanol–water partition coefficient (Wildman–Crippen LogP) is 4.44. The molecule has 1 aromatic heterocycles. The number of phenolic OH excluding ortho intramolecular Hbond substituents is 1. The van der Waals surface area contributed by atoms with E-state index in [0.29, 0.717) is 16.4 Å². The fourth-order valence-corrected chi connectivity index (χ4v) is 2.51. The highest BCUT2D eigenvalue weighted by Gasteiger charge is 2.16. The van der Waals surface area contributed by atoms with Gasteiger partial charge in [-0.15, -0.1) is 0 Å². The molecule has 0 unspecified atom stereocenters. The van der Waals surface area contributed by atoms with Gasteiger partial charge in [-0.25, -0.2) is 0 Å². The lowest BCUT2D eigenvalue weighted by molar-refractivity contribution is 0.101. The first-order valence-electron chi connectivity index (χ1n) is 6.05. The molecular formula is C14H14BrClN2O2. The Labute approximate surface area is 130 Å². The van der Waals surface area contributed by atoms with Crippen molar-refractivity contribution in [3.8, 4) is 5.75 Å². The van der Waals surface area contributed by atoms with Gasteiger partial charge in [0.05, 0.1) is 10.7 Å². The van der Waals surface area contributed by atoms with Gasteiger partial charge in [0.1, 0.15) is 11.4 Å². The van der Waals surface area contributed by atoms with E-state index in [1.54, 1.807) is 12.1 Å². The van der Waals surface area contributed by atoms with Gasteiger partial charge < -0.3 is 15.0 Å².